The van der Waals surface area contributed by atoms with E-state index >= 15 is 0 Å². The van der Waals surface area contributed by atoms with Crippen LogP contribution in [-0.4, -0.2) is 52.4 Å². The molecule has 2 atom stereocenters. The van der Waals surface area contributed by atoms with Gasteiger partial charge >= 0.3 is 0 Å². The van der Waals surface area contributed by atoms with Crippen molar-refractivity contribution in [2.75, 3.05) is 20.2 Å². The molecule has 5 rings (SSSR count). The molecular weight excluding hydrogens is 367 g/mol. The fourth-order valence-electron chi connectivity index (χ4n) is 4.47. The third kappa shape index (κ3) is 3.39. The molecule has 0 amide bonds. The average Bonchev–Trinajstić information content (AvgIpc) is 3.38. The summed E-state index contributed by atoms with van der Waals surface area (Å²) in [5, 5.41) is 7.92. The molecule has 148 valence electrons. The number of hydrogen-bond donors (Lipinski definition) is 1. The van der Waals surface area contributed by atoms with E-state index in [1.54, 1.807) is 31.6 Å². The van der Waals surface area contributed by atoms with Crippen LogP contribution < -0.4 is 0 Å². The molecule has 1 fully saturated rings. The number of nitrogens with zero attached hydrogens (tertiary/aromatic N) is 3. The van der Waals surface area contributed by atoms with Crippen LogP contribution in [0.5, 0.6) is 0 Å². The molecule has 3 aromatic rings. The van der Waals surface area contributed by atoms with Gasteiger partial charge < -0.3 is 4.74 Å². The lowest BCUT2D eigenvalue weighted by molar-refractivity contribution is 0.108. The smallest absolute Gasteiger partial charge is 0.123 e. The Bertz CT molecular complexity index is 1030. The van der Waals surface area contributed by atoms with Crippen LogP contribution in [0.1, 0.15) is 18.5 Å². The van der Waals surface area contributed by atoms with Crippen molar-refractivity contribution in [1.82, 2.24) is 20.1 Å². The molecule has 2 aromatic heterocycles. The molecule has 2 unspecified atom stereocenters. The van der Waals surface area contributed by atoms with Crippen LogP contribution in [0.4, 0.5) is 4.39 Å². The molecule has 6 heteroatoms. The zero-order valence-electron chi connectivity index (χ0n) is 16.3. The number of rotatable bonds is 4. The Kier molecular flexibility index (Phi) is 4.73. The quantitative estimate of drug-likeness (QED) is 0.727. The van der Waals surface area contributed by atoms with E-state index in [4.69, 9.17) is 9.84 Å². The normalized spacial score (nSPS) is 21.8. The van der Waals surface area contributed by atoms with E-state index in [-0.39, 0.29) is 5.82 Å². The van der Waals surface area contributed by atoms with Crippen molar-refractivity contribution >= 4 is 5.57 Å². The van der Waals surface area contributed by atoms with Crippen molar-refractivity contribution in [3.63, 3.8) is 0 Å². The van der Waals surface area contributed by atoms with Crippen molar-refractivity contribution in [2.45, 2.75) is 25.0 Å². The van der Waals surface area contributed by atoms with E-state index in [1.165, 1.54) is 17.7 Å². The van der Waals surface area contributed by atoms with Crippen molar-refractivity contribution in [1.29, 1.82) is 0 Å². The minimum atomic E-state index is -0.247. The highest BCUT2D eigenvalue weighted by Crippen LogP contribution is 2.39. The summed E-state index contributed by atoms with van der Waals surface area (Å²) < 4.78 is 19.0. The number of aromatic nitrogens is 3. The third-order valence-electron chi connectivity index (χ3n) is 5.98. The summed E-state index contributed by atoms with van der Waals surface area (Å²) in [6, 6.07) is 10.9. The van der Waals surface area contributed by atoms with Gasteiger partial charge in [-0.05, 0) is 60.4 Å². The molecule has 2 aliphatic rings. The Morgan fingerprint density at radius 3 is 2.66 bits per heavy atom. The van der Waals surface area contributed by atoms with Crippen molar-refractivity contribution in [2.24, 2.45) is 0 Å². The molecule has 29 heavy (non-hydrogen) atoms. The molecule has 1 aromatic carbocycles. The highest BCUT2D eigenvalue weighted by atomic mass is 19.1. The van der Waals surface area contributed by atoms with Crippen LogP contribution in [0.25, 0.3) is 28.0 Å². The van der Waals surface area contributed by atoms with Crippen LogP contribution >= 0.6 is 0 Å². The molecule has 2 aliphatic heterocycles. The van der Waals surface area contributed by atoms with Crippen LogP contribution in [0, 0.1) is 5.82 Å². The Hall–Kier alpha value is -2.83. The van der Waals surface area contributed by atoms with Gasteiger partial charge in [0.2, 0.25) is 0 Å². The fourth-order valence-corrected chi connectivity index (χ4v) is 4.47. The van der Waals surface area contributed by atoms with Crippen LogP contribution in [0.2, 0.25) is 0 Å². The predicted octanol–water partition coefficient (Wildman–Crippen LogP) is 4.15. The van der Waals surface area contributed by atoms with Gasteiger partial charge in [0, 0.05) is 49.8 Å². The Labute approximate surface area is 169 Å². The zero-order chi connectivity index (χ0) is 19.8. The largest absolute Gasteiger partial charge is 0.380 e. The second kappa shape index (κ2) is 7.54. The second-order valence-corrected chi connectivity index (χ2v) is 7.66. The van der Waals surface area contributed by atoms with Gasteiger partial charge in [0.25, 0.3) is 0 Å². The zero-order valence-corrected chi connectivity index (χ0v) is 16.3. The molecular formula is C23H23FN4O. The summed E-state index contributed by atoms with van der Waals surface area (Å²) in [6.45, 7) is 1.99. The predicted molar refractivity (Wildman–Crippen MR) is 111 cm³/mol. The Morgan fingerprint density at radius 2 is 1.90 bits per heavy atom. The van der Waals surface area contributed by atoms with Crippen LogP contribution in [-0.2, 0) is 4.74 Å². The number of fused-ring (bicyclic) bond motifs is 1. The summed E-state index contributed by atoms with van der Waals surface area (Å²) in [5.41, 5.74) is 6.12. The standard InChI is InChI=1S/C23H23FN4O/c1-29-20-13-19-12-17(8-11-28(19)14-20)23-21(15-6-9-25-10-7-15)22(26-27-23)16-2-4-18(24)5-3-16/h2-7,9-10,12,19-20H,8,11,13-14H2,1H3,(H,26,27). The maximum atomic E-state index is 13.4. The molecule has 1 N–H and O–H groups in total. The van der Waals surface area contributed by atoms with Crippen molar-refractivity contribution in [3.05, 3.63) is 66.4 Å². The van der Waals surface area contributed by atoms with Gasteiger partial charge in [-0.25, -0.2) is 4.39 Å². The van der Waals surface area contributed by atoms with Gasteiger partial charge in [0.05, 0.1) is 17.5 Å². The lowest BCUT2D eigenvalue weighted by Crippen LogP contribution is -2.33. The number of pyridine rings is 1. The summed E-state index contributed by atoms with van der Waals surface area (Å²) in [6.07, 6.45) is 8.18. The second-order valence-electron chi connectivity index (χ2n) is 7.66. The number of hydrogen-bond acceptors (Lipinski definition) is 4. The van der Waals surface area contributed by atoms with E-state index in [9.17, 15) is 4.39 Å². The van der Waals surface area contributed by atoms with E-state index in [0.29, 0.717) is 12.1 Å². The number of nitrogens with one attached hydrogen (secondary N) is 1. The topological polar surface area (TPSA) is 54.0 Å². The van der Waals surface area contributed by atoms with Crippen LogP contribution in [0.3, 0.4) is 0 Å². The first kappa shape index (κ1) is 18.2. The molecule has 0 aliphatic carbocycles. The number of ether oxygens (including phenoxy) is 1. The minimum absolute atomic E-state index is 0.247. The molecule has 4 heterocycles. The summed E-state index contributed by atoms with van der Waals surface area (Å²) in [5.74, 6) is -0.247. The van der Waals surface area contributed by atoms with Crippen molar-refractivity contribution in [3.8, 4) is 22.4 Å². The van der Waals surface area contributed by atoms with E-state index < -0.39 is 0 Å². The van der Waals surface area contributed by atoms with Gasteiger partial charge in [-0.1, -0.05) is 6.08 Å². The van der Waals surface area contributed by atoms with Gasteiger partial charge in [0.15, 0.2) is 0 Å². The minimum Gasteiger partial charge on any atom is -0.380 e. The number of aromatic amines is 1. The molecule has 0 saturated carbocycles. The monoisotopic (exact) mass is 390 g/mol. The summed E-state index contributed by atoms with van der Waals surface area (Å²) in [7, 11) is 1.79. The van der Waals surface area contributed by atoms with Gasteiger partial charge in [0.1, 0.15) is 5.82 Å². The van der Waals surface area contributed by atoms with E-state index in [0.717, 1.165) is 54.0 Å². The maximum Gasteiger partial charge on any atom is 0.123 e. The molecule has 5 nitrogen and oxygen atoms in total. The fraction of sp³-hybridized carbons (Fsp3) is 0.304. The first-order valence-corrected chi connectivity index (χ1v) is 9.95. The van der Waals surface area contributed by atoms with Crippen LogP contribution in [0.15, 0.2) is 54.9 Å². The lowest BCUT2D eigenvalue weighted by Gasteiger charge is -2.27. The number of halogens is 1. The highest BCUT2D eigenvalue weighted by Gasteiger charge is 2.34. The first-order valence-electron chi connectivity index (χ1n) is 9.95. The number of methoxy groups -OCH3 is 1. The Balaban J connectivity index is 1.60. The third-order valence-corrected chi connectivity index (χ3v) is 5.98. The summed E-state index contributed by atoms with van der Waals surface area (Å²) in [4.78, 5) is 6.64. The molecule has 0 radical (unpaired) electrons. The van der Waals surface area contributed by atoms with E-state index in [1.807, 2.05) is 12.1 Å². The molecule has 0 spiro atoms. The van der Waals surface area contributed by atoms with Gasteiger partial charge in [-0.3, -0.25) is 15.0 Å². The lowest BCUT2D eigenvalue weighted by atomic mass is 9.92. The number of H-pyrrole nitrogens is 1. The van der Waals surface area contributed by atoms with Crippen molar-refractivity contribution < 1.29 is 9.13 Å². The van der Waals surface area contributed by atoms with Gasteiger partial charge in [-0.2, -0.15) is 5.10 Å². The summed E-state index contributed by atoms with van der Waals surface area (Å²) >= 11 is 0. The van der Waals surface area contributed by atoms with Gasteiger partial charge in [-0.15, -0.1) is 0 Å². The first-order chi connectivity index (χ1) is 14.2. The molecule has 1 saturated heterocycles. The maximum absolute atomic E-state index is 13.4. The average molecular weight is 390 g/mol. The van der Waals surface area contributed by atoms with E-state index in [2.05, 4.69) is 21.1 Å². The Morgan fingerprint density at radius 1 is 1.10 bits per heavy atom. The SMILES string of the molecule is COC1CC2C=C(c3n[nH]c(-c4ccc(F)cc4)c3-c3ccncc3)CCN2C1. The number of benzene rings is 1. The highest BCUT2D eigenvalue weighted by molar-refractivity contribution is 5.89. The molecule has 0 bridgehead atoms.